The molecule has 0 bridgehead atoms. The number of unbranched alkanes of at least 4 members (excludes halogenated alkanes) is 1. The summed E-state index contributed by atoms with van der Waals surface area (Å²) in [5, 5.41) is 6.49. The standard InChI is InChI=1S/C22H29N5O2S/c28-19(11-4-3-10-18-20-16(13-30-18)25-22(29)26-20)27-12-6-5-9-17(27)21-23-14-7-1-2-8-15(14)24-21/h1-2,7-8,16-18,20H,3-6,9-13H2,(H,23,24)(H2,25,26,29). The number of amides is 3. The average Bonchev–Trinajstić information content (AvgIpc) is 3.45. The molecule has 8 heteroatoms. The van der Waals surface area contributed by atoms with Crippen LogP contribution in [0.3, 0.4) is 0 Å². The molecule has 0 spiro atoms. The minimum atomic E-state index is -0.0350. The Morgan fingerprint density at radius 3 is 3.00 bits per heavy atom. The van der Waals surface area contributed by atoms with E-state index in [9.17, 15) is 9.59 Å². The van der Waals surface area contributed by atoms with Crippen molar-refractivity contribution in [2.45, 2.75) is 68.3 Å². The molecular weight excluding hydrogens is 398 g/mol. The van der Waals surface area contributed by atoms with Crippen LogP contribution in [0.1, 0.15) is 56.8 Å². The van der Waals surface area contributed by atoms with Crippen LogP contribution in [0.4, 0.5) is 4.79 Å². The summed E-state index contributed by atoms with van der Waals surface area (Å²) in [4.78, 5) is 34.8. The second-order valence-electron chi connectivity index (χ2n) is 8.61. The molecule has 2 aromatic rings. The van der Waals surface area contributed by atoms with Crippen molar-refractivity contribution < 1.29 is 9.59 Å². The van der Waals surface area contributed by atoms with Crippen LogP contribution in [0.2, 0.25) is 0 Å². The van der Waals surface area contributed by atoms with Gasteiger partial charge in [0.05, 0.1) is 29.2 Å². The molecule has 4 atom stereocenters. The van der Waals surface area contributed by atoms with Crippen molar-refractivity contribution in [3.8, 4) is 0 Å². The van der Waals surface area contributed by atoms with E-state index in [0.717, 1.165) is 67.7 Å². The Bertz CT molecular complexity index is 898. The minimum Gasteiger partial charge on any atom is -0.340 e. The highest BCUT2D eigenvalue weighted by Crippen LogP contribution is 2.34. The summed E-state index contributed by atoms with van der Waals surface area (Å²) < 4.78 is 0. The van der Waals surface area contributed by atoms with Gasteiger partial charge in [0.25, 0.3) is 0 Å². The molecule has 4 heterocycles. The number of hydrogen-bond acceptors (Lipinski definition) is 4. The number of thioether (sulfide) groups is 1. The monoisotopic (exact) mass is 427 g/mol. The van der Waals surface area contributed by atoms with Gasteiger partial charge in [-0.15, -0.1) is 0 Å². The molecule has 4 unspecified atom stereocenters. The Hall–Kier alpha value is -2.22. The van der Waals surface area contributed by atoms with Gasteiger partial charge in [-0.3, -0.25) is 4.79 Å². The molecule has 3 fully saturated rings. The number of imidazole rings is 1. The fourth-order valence-electron chi connectivity index (χ4n) is 5.05. The topological polar surface area (TPSA) is 90.1 Å². The molecule has 0 saturated carbocycles. The number of piperidine rings is 1. The molecule has 5 rings (SSSR count). The van der Waals surface area contributed by atoms with Crippen molar-refractivity contribution >= 4 is 34.7 Å². The SMILES string of the molecule is O=C1NC2CSC(CCCCC(=O)N3CCCCC3c3nc4ccccc4[nH]3)C2N1. The number of aromatic nitrogens is 2. The van der Waals surface area contributed by atoms with Crippen molar-refractivity contribution in [2.75, 3.05) is 12.3 Å². The van der Waals surface area contributed by atoms with Gasteiger partial charge in [0.2, 0.25) is 5.91 Å². The number of rotatable bonds is 6. The summed E-state index contributed by atoms with van der Waals surface area (Å²) in [6.07, 6.45) is 6.73. The molecule has 160 valence electrons. The van der Waals surface area contributed by atoms with Crippen molar-refractivity contribution in [3.63, 3.8) is 0 Å². The Balaban J connectivity index is 1.15. The summed E-state index contributed by atoms with van der Waals surface area (Å²) in [7, 11) is 0. The molecule has 7 nitrogen and oxygen atoms in total. The number of aromatic amines is 1. The van der Waals surface area contributed by atoms with Gasteiger partial charge in [0, 0.05) is 24.0 Å². The van der Waals surface area contributed by atoms with Crippen molar-refractivity contribution in [2.24, 2.45) is 0 Å². The average molecular weight is 428 g/mol. The van der Waals surface area contributed by atoms with Crippen LogP contribution >= 0.6 is 11.8 Å². The fourth-order valence-corrected chi connectivity index (χ4v) is 6.60. The molecule has 1 aromatic carbocycles. The van der Waals surface area contributed by atoms with Crippen molar-refractivity contribution in [1.82, 2.24) is 25.5 Å². The first kappa shape index (κ1) is 19.7. The summed E-state index contributed by atoms with van der Waals surface area (Å²) in [6.45, 7) is 0.820. The first-order chi connectivity index (χ1) is 14.7. The first-order valence-corrected chi connectivity index (χ1v) is 12.2. The lowest BCUT2D eigenvalue weighted by atomic mass is 9.99. The molecular formula is C22H29N5O2S. The van der Waals surface area contributed by atoms with E-state index < -0.39 is 0 Å². The normalized spacial score (nSPS) is 28.4. The van der Waals surface area contributed by atoms with Gasteiger partial charge in [0.1, 0.15) is 5.82 Å². The lowest BCUT2D eigenvalue weighted by Gasteiger charge is -2.34. The third-order valence-corrected chi connectivity index (χ3v) is 8.12. The zero-order valence-corrected chi connectivity index (χ0v) is 17.9. The Labute approximate surface area is 180 Å². The van der Waals surface area contributed by atoms with Crippen LogP contribution in [-0.2, 0) is 4.79 Å². The fraction of sp³-hybridized carbons (Fsp3) is 0.591. The van der Waals surface area contributed by atoms with Gasteiger partial charge in [0.15, 0.2) is 0 Å². The zero-order chi connectivity index (χ0) is 20.5. The van der Waals surface area contributed by atoms with Crippen molar-refractivity contribution in [1.29, 1.82) is 0 Å². The first-order valence-electron chi connectivity index (χ1n) is 11.1. The highest BCUT2D eigenvalue weighted by atomic mass is 32.2. The molecule has 3 N–H and O–H groups in total. The van der Waals surface area contributed by atoms with Gasteiger partial charge in [-0.05, 0) is 44.2 Å². The molecule has 3 saturated heterocycles. The van der Waals surface area contributed by atoms with E-state index in [1.165, 1.54) is 0 Å². The summed E-state index contributed by atoms with van der Waals surface area (Å²) in [5.74, 6) is 2.15. The number of fused-ring (bicyclic) bond motifs is 2. The molecule has 3 amide bonds. The van der Waals surface area contributed by atoms with Gasteiger partial charge in [-0.1, -0.05) is 18.6 Å². The number of carbonyl (C=O) groups is 2. The second kappa shape index (κ2) is 8.49. The Morgan fingerprint density at radius 2 is 2.10 bits per heavy atom. The number of benzene rings is 1. The molecule has 0 radical (unpaired) electrons. The molecule has 0 aliphatic carbocycles. The van der Waals surface area contributed by atoms with Crippen molar-refractivity contribution in [3.05, 3.63) is 30.1 Å². The Morgan fingerprint density at radius 1 is 1.20 bits per heavy atom. The molecule has 30 heavy (non-hydrogen) atoms. The lowest BCUT2D eigenvalue weighted by Crippen LogP contribution is -2.39. The van der Waals surface area contributed by atoms with E-state index in [1.807, 2.05) is 40.9 Å². The zero-order valence-electron chi connectivity index (χ0n) is 17.1. The van der Waals surface area contributed by atoms with Gasteiger partial charge in [-0.25, -0.2) is 9.78 Å². The summed E-state index contributed by atoms with van der Waals surface area (Å²) in [5.41, 5.74) is 2.00. The number of nitrogens with one attached hydrogen (secondary N) is 3. The maximum atomic E-state index is 13.0. The molecule has 3 aliphatic heterocycles. The highest BCUT2D eigenvalue weighted by molar-refractivity contribution is 8.00. The number of para-hydroxylation sites is 2. The maximum Gasteiger partial charge on any atom is 0.315 e. The van der Waals surface area contributed by atoms with E-state index in [1.54, 1.807) is 0 Å². The third-order valence-electron chi connectivity index (χ3n) is 6.61. The van der Waals surface area contributed by atoms with Gasteiger partial charge in [-0.2, -0.15) is 11.8 Å². The van der Waals surface area contributed by atoms with Crippen LogP contribution in [0.5, 0.6) is 0 Å². The van der Waals surface area contributed by atoms with Gasteiger partial charge < -0.3 is 20.5 Å². The van der Waals surface area contributed by atoms with Gasteiger partial charge >= 0.3 is 6.03 Å². The minimum absolute atomic E-state index is 0.0350. The van der Waals surface area contributed by atoms with Crippen LogP contribution < -0.4 is 10.6 Å². The summed E-state index contributed by atoms with van der Waals surface area (Å²) in [6, 6.07) is 8.59. The molecule has 1 aromatic heterocycles. The number of H-pyrrole nitrogens is 1. The quantitative estimate of drug-likeness (QED) is 0.487. The number of nitrogens with zero attached hydrogens (tertiary/aromatic N) is 2. The number of likely N-dealkylation sites (tertiary alicyclic amines) is 1. The number of urea groups is 1. The maximum absolute atomic E-state index is 13.0. The lowest BCUT2D eigenvalue weighted by molar-refractivity contribution is -0.135. The predicted molar refractivity (Wildman–Crippen MR) is 118 cm³/mol. The third kappa shape index (κ3) is 3.89. The molecule has 3 aliphatic rings. The highest BCUT2D eigenvalue weighted by Gasteiger charge is 2.42. The second-order valence-corrected chi connectivity index (χ2v) is 9.88. The predicted octanol–water partition coefficient (Wildman–Crippen LogP) is 3.34. The number of hydrogen-bond donors (Lipinski definition) is 3. The van der Waals surface area contributed by atoms with Crippen LogP contribution in [-0.4, -0.2) is 56.4 Å². The van der Waals surface area contributed by atoms with Crippen LogP contribution in [0, 0.1) is 0 Å². The summed E-state index contributed by atoms with van der Waals surface area (Å²) >= 11 is 1.94. The Kier molecular flexibility index (Phi) is 5.58. The van der Waals surface area contributed by atoms with E-state index in [4.69, 9.17) is 4.98 Å². The van der Waals surface area contributed by atoms with Crippen LogP contribution in [0.25, 0.3) is 11.0 Å². The van der Waals surface area contributed by atoms with E-state index >= 15 is 0 Å². The van der Waals surface area contributed by atoms with E-state index in [2.05, 4.69) is 15.6 Å². The smallest absolute Gasteiger partial charge is 0.315 e. The van der Waals surface area contributed by atoms with E-state index in [0.29, 0.717) is 11.7 Å². The number of carbonyl (C=O) groups excluding carboxylic acids is 2. The van der Waals surface area contributed by atoms with E-state index in [-0.39, 0.29) is 30.1 Å². The largest absolute Gasteiger partial charge is 0.340 e. The van der Waals surface area contributed by atoms with Crippen LogP contribution in [0.15, 0.2) is 24.3 Å².